The van der Waals surface area contributed by atoms with E-state index in [1.807, 2.05) is 59.5 Å². The molecule has 154 valence electrons. The molecule has 0 spiro atoms. The summed E-state index contributed by atoms with van der Waals surface area (Å²) in [5, 5.41) is 3.05. The second kappa shape index (κ2) is 9.72. The van der Waals surface area contributed by atoms with Gasteiger partial charge in [0, 0.05) is 18.0 Å². The van der Waals surface area contributed by atoms with Crippen LogP contribution in [0, 0.1) is 0 Å². The quantitative estimate of drug-likeness (QED) is 0.525. The number of carbonyl (C=O) groups is 1. The Hall–Kier alpha value is -2.92. The average Bonchev–Trinajstić information content (AvgIpc) is 3.29. The number of amides is 2. The predicted octanol–water partition coefficient (Wildman–Crippen LogP) is 6.11. The Labute approximate surface area is 182 Å². The van der Waals surface area contributed by atoms with E-state index < -0.39 is 0 Å². The normalized spacial score (nSPS) is 15.8. The number of anilines is 1. The molecule has 1 heterocycles. The summed E-state index contributed by atoms with van der Waals surface area (Å²) in [7, 11) is 0. The number of hydrogen-bond donors (Lipinski definition) is 1. The maximum Gasteiger partial charge on any atom is 0.323 e. The van der Waals surface area contributed by atoms with Crippen LogP contribution >= 0.6 is 11.8 Å². The number of ether oxygens (including phenoxy) is 1. The third-order valence-electron chi connectivity index (χ3n) is 5.13. The Kier molecular flexibility index (Phi) is 6.60. The van der Waals surface area contributed by atoms with E-state index in [1.54, 1.807) is 11.8 Å². The van der Waals surface area contributed by atoms with E-state index in [4.69, 9.17) is 4.74 Å². The van der Waals surface area contributed by atoms with Crippen LogP contribution in [0.3, 0.4) is 0 Å². The number of aryl methyl sites for hydroxylation is 1. The van der Waals surface area contributed by atoms with Gasteiger partial charge >= 0.3 is 6.03 Å². The van der Waals surface area contributed by atoms with Gasteiger partial charge in [-0.25, -0.2) is 4.79 Å². The van der Waals surface area contributed by atoms with E-state index in [-0.39, 0.29) is 11.4 Å². The molecule has 3 aromatic carbocycles. The first-order valence-corrected chi connectivity index (χ1v) is 11.3. The van der Waals surface area contributed by atoms with Gasteiger partial charge in [-0.2, -0.15) is 0 Å². The van der Waals surface area contributed by atoms with Crippen molar-refractivity contribution in [1.82, 2.24) is 4.90 Å². The maximum absolute atomic E-state index is 13.0. The summed E-state index contributed by atoms with van der Waals surface area (Å²) in [5.41, 5.74) is 4.27. The van der Waals surface area contributed by atoms with Crippen LogP contribution in [0.15, 0.2) is 78.9 Å². The fourth-order valence-corrected chi connectivity index (χ4v) is 4.76. The first-order chi connectivity index (χ1) is 14.7. The molecule has 0 saturated carbocycles. The van der Waals surface area contributed by atoms with Crippen LogP contribution in [0.25, 0.3) is 0 Å². The number of thioether (sulfide) groups is 1. The lowest BCUT2D eigenvalue weighted by molar-refractivity contribution is 0.214. The molecule has 5 heteroatoms. The van der Waals surface area contributed by atoms with Gasteiger partial charge in [0.2, 0.25) is 0 Å². The molecule has 1 saturated heterocycles. The van der Waals surface area contributed by atoms with E-state index in [0.717, 1.165) is 41.3 Å². The van der Waals surface area contributed by atoms with Crippen molar-refractivity contribution in [3.05, 3.63) is 95.6 Å². The van der Waals surface area contributed by atoms with Crippen LogP contribution < -0.4 is 10.1 Å². The van der Waals surface area contributed by atoms with Crippen molar-refractivity contribution in [3.8, 4) is 5.75 Å². The van der Waals surface area contributed by atoms with Crippen LogP contribution in [0.5, 0.6) is 5.75 Å². The number of rotatable bonds is 6. The highest BCUT2D eigenvalue weighted by Gasteiger charge is 2.31. The summed E-state index contributed by atoms with van der Waals surface area (Å²) in [6.45, 7) is 3.37. The third kappa shape index (κ3) is 4.97. The Balaban J connectivity index is 1.44. The van der Waals surface area contributed by atoms with Crippen molar-refractivity contribution in [2.24, 2.45) is 0 Å². The SMILES string of the molecule is CCc1cccc(NC(=O)N2CCSC2c2cccc(OCc3ccccc3)c2)c1. The zero-order valence-corrected chi connectivity index (χ0v) is 17.9. The number of urea groups is 1. The number of hydrogen-bond acceptors (Lipinski definition) is 3. The summed E-state index contributed by atoms with van der Waals surface area (Å²) in [4.78, 5) is 14.9. The molecule has 3 aromatic rings. The molecule has 1 aliphatic heterocycles. The molecule has 1 fully saturated rings. The van der Waals surface area contributed by atoms with Gasteiger partial charge in [0.05, 0.1) is 0 Å². The molecule has 0 aromatic heterocycles. The molecule has 0 bridgehead atoms. The summed E-state index contributed by atoms with van der Waals surface area (Å²) >= 11 is 1.78. The highest BCUT2D eigenvalue weighted by Crippen LogP contribution is 2.39. The van der Waals surface area contributed by atoms with Crippen molar-refractivity contribution >= 4 is 23.5 Å². The van der Waals surface area contributed by atoms with Gasteiger partial charge < -0.3 is 15.0 Å². The molecule has 30 heavy (non-hydrogen) atoms. The number of nitrogens with zero attached hydrogens (tertiary/aromatic N) is 1. The number of nitrogens with one attached hydrogen (secondary N) is 1. The molecule has 1 N–H and O–H groups in total. The molecule has 0 aliphatic carbocycles. The smallest absolute Gasteiger partial charge is 0.323 e. The van der Waals surface area contributed by atoms with Crippen molar-refractivity contribution < 1.29 is 9.53 Å². The Bertz CT molecular complexity index is 993. The highest BCUT2D eigenvalue weighted by molar-refractivity contribution is 7.99. The van der Waals surface area contributed by atoms with Crippen LogP contribution in [0.2, 0.25) is 0 Å². The molecule has 2 amide bonds. The van der Waals surface area contributed by atoms with E-state index >= 15 is 0 Å². The van der Waals surface area contributed by atoms with Crippen molar-refractivity contribution in [2.75, 3.05) is 17.6 Å². The van der Waals surface area contributed by atoms with E-state index in [0.29, 0.717) is 6.61 Å². The highest BCUT2D eigenvalue weighted by atomic mass is 32.2. The monoisotopic (exact) mass is 418 g/mol. The topological polar surface area (TPSA) is 41.6 Å². The van der Waals surface area contributed by atoms with Crippen molar-refractivity contribution in [1.29, 1.82) is 0 Å². The van der Waals surface area contributed by atoms with Crippen molar-refractivity contribution in [2.45, 2.75) is 25.3 Å². The minimum atomic E-state index is -0.0612. The van der Waals surface area contributed by atoms with E-state index in [9.17, 15) is 4.79 Å². The van der Waals surface area contributed by atoms with Gasteiger partial charge in [0.25, 0.3) is 0 Å². The van der Waals surface area contributed by atoms with Crippen LogP contribution in [0.4, 0.5) is 10.5 Å². The lowest BCUT2D eigenvalue weighted by atomic mass is 10.1. The second-order valence-corrected chi connectivity index (χ2v) is 8.44. The minimum absolute atomic E-state index is 0.0142. The standard InChI is InChI=1S/C25H26N2O2S/c1-2-19-10-6-12-22(16-19)26-25(28)27-14-15-30-24(27)21-11-7-13-23(17-21)29-18-20-8-4-3-5-9-20/h3-13,16-17,24H,2,14-15,18H2,1H3,(H,26,28). The first-order valence-electron chi connectivity index (χ1n) is 10.3. The molecule has 1 aliphatic rings. The summed E-state index contributed by atoms with van der Waals surface area (Å²) in [6.07, 6.45) is 0.946. The lowest BCUT2D eigenvalue weighted by Crippen LogP contribution is -2.34. The summed E-state index contributed by atoms with van der Waals surface area (Å²) in [6, 6.07) is 26.2. The van der Waals surface area contributed by atoms with Gasteiger partial charge in [-0.05, 0) is 47.4 Å². The largest absolute Gasteiger partial charge is 0.489 e. The van der Waals surface area contributed by atoms with Crippen LogP contribution in [0.1, 0.15) is 29.0 Å². The summed E-state index contributed by atoms with van der Waals surface area (Å²) < 4.78 is 5.98. The van der Waals surface area contributed by atoms with Crippen molar-refractivity contribution in [3.63, 3.8) is 0 Å². The molecule has 0 radical (unpaired) electrons. The number of carbonyl (C=O) groups excluding carboxylic acids is 1. The van der Waals surface area contributed by atoms with Crippen LogP contribution in [-0.2, 0) is 13.0 Å². The Morgan fingerprint density at radius 2 is 1.83 bits per heavy atom. The third-order valence-corrected chi connectivity index (χ3v) is 6.39. The van der Waals surface area contributed by atoms with Gasteiger partial charge in [-0.15, -0.1) is 11.8 Å². The minimum Gasteiger partial charge on any atom is -0.489 e. The molecular formula is C25H26N2O2S. The number of benzene rings is 3. The zero-order chi connectivity index (χ0) is 20.8. The summed E-state index contributed by atoms with van der Waals surface area (Å²) in [5.74, 6) is 1.74. The predicted molar refractivity (Wildman–Crippen MR) is 124 cm³/mol. The first kappa shape index (κ1) is 20.4. The van der Waals surface area contributed by atoms with E-state index in [2.05, 4.69) is 36.5 Å². The molecule has 4 nitrogen and oxygen atoms in total. The van der Waals surface area contributed by atoms with E-state index in [1.165, 1.54) is 5.56 Å². The van der Waals surface area contributed by atoms with Gasteiger partial charge in [0.1, 0.15) is 17.7 Å². The molecule has 4 rings (SSSR count). The van der Waals surface area contributed by atoms with Gasteiger partial charge in [-0.1, -0.05) is 61.5 Å². The molecule has 1 unspecified atom stereocenters. The van der Waals surface area contributed by atoms with Crippen LogP contribution in [-0.4, -0.2) is 23.2 Å². The maximum atomic E-state index is 13.0. The molecule has 1 atom stereocenters. The average molecular weight is 419 g/mol. The lowest BCUT2D eigenvalue weighted by Gasteiger charge is -2.25. The Morgan fingerprint density at radius 1 is 1.03 bits per heavy atom. The Morgan fingerprint density at radius 3 is 2.67 bits per heavy atom. The zero-order valence-electron chi connectivity index (χ0n) is 17.1. The van der Waals surface area contributed by atoms with Gasteiger partial charge in [-0.3, -0.25) is 0 Å². The fraction of sp³-hybridized carbons (Fsp3) is 0.240. The second-order valence-electron chi connectivity index (χ2n) is 7.25. The van der Waals surface area contributed by atoms with Gasteiger partial charge in [0.15, 0.2) is 0 Å². The fourth-order valence-electron chi connectivity index (χ4n) is 3.52. The molecular weight excluding hydrogens is 392 g/mol.